The van der Waals surface area contributed by atoms with Gasteiger partial charge in [0.05, 0.1) is 29.1 Å². The van der Waals surface area contributed by atoms with Gasteiger partial charge in [-0.15, -0.1) is 0 Å². The molecule has 9 nitrogen and oxygen atoms in total. The lowest BCUT2D eigenvalue weighted by molar-refractivity contribution is 0.0115. The number of aromatic amines is 2. The van der Waals surface area contributed by atoms with Gasteiger partial charge in [0.25, 0.3) is 5.92 Å². The first-order valence-electron chi connectivity index (χ1n) is 14.7. The predicted molar refractivity (Wildman–Crippen MR) is 166 cm³/mol. The Morgan fingerprint density at radius 1 is 1.00 bits per heavy atom. The molecule has 1 aromatic carbocycles. The number of halogens is 3. The van der Waals surface area contributed by atoms with Crippen molar-refractivity contribution in [3.63, 3.8) is 0 Å². The summed E-state index contributed by atoms with van der Waals surface area (Å²) in [6.07, 6.45) is 4.98. The van der Waals surface area contributed by atoms with Crippen molar-refractivity contribution in [2.45, 2.75) is 18.9 Å². The number of rotatable bonds is 9. The molecule has 5 aromatic heterocycles. The van der Waals surface area contributed by atoms with Gasteiger partial charge in [0, 0.05) is 72.7 Å². The van der Waals surface area contributed by atoms with Gasteiger partial charge in [-0.05, 0) is 62.1 Å². The first-order chi connectivity index (χ1) is 21.7. The second-order valence-electron chi connectivity index (χ2n) is 11.7. The Kier molecular flexibility index (Phi) is 7.46. The van der Waals surface area contributed by atoms with E-state index in [1.54, 1.807) is 29.6 Å². The first-order valence-corrected chi connectivity index (χ1v) is 14.7. The summed E-state index contributed by atoms with van der Waals surface area (Å²) in [4.78, 5) is 21.0. The van der Waals surface area contributed by atoms with E-state index in [9.17, 15) is 13.2 Å². The highest BCUT2D eigenvalue weighted by Crippen LogP contribution is 2.35. The van der Waals surface area contributed by atoms with Crippen LogP contribution in [0.4, 0.5) is 13.2 Å². The summed E-state index contributed by atoms with van der Waals surface area (Å²) >= 11 is 0. The van der Waals surface area contributed by atoms with Gasteiger partial charge in [-0.2, -0.15) is 5.10 Å². The van der Waals surface area contributed by atoms with Crippen LogP contribution in [0.3, 0.4) is 0 Å². The molecule has 1 aliphatic heterocycles. The van der Waals surface area contributed by atoms with Crippen molar-refractivity contribution < 1.29 is 17.9 Å². The van der Waals surface area contributed by atoms with E-state index in [2.05, 4.69) is 25.1 Å². The quantitative estimate of drug-likeness (QED) is 0.202. The molecule has 0 amide bonds. The van der Waals surface area contributed by atoms with Gasteiger partial charge in [0.2, 0.25) is 0 Å². The van der Waals surface area contributed by atoms with Crippen LogP contribution in [-0.4, -0.2) is 86.2 Å². The molecule has 1 aliphatic rings. The number of benzene rings is 1. The number of ether oxygens (including phenoxy) is 1. The van der Waals surface area contributed by atoms with E-state index in [0.29, 0.717) is 60.2 Å². The molecule has 0 unspecified atom stereocenters. The van der Waals surface area contributed by atoms with Crippen LogP contribution in [0.25, 0.3) is 55.8 Å². The van der Waals surface area contributed by atoms with Crippen LogP contribution in [0.5, 0.6) is 5.75 Å². The third kappa shape index (κ3) is 6.11. The minimum atomic E-state index is -2.64. The fourth-order valence-corrected chi connectivity index (χ4v) is 5.70. The highest BCUT2D eigenvalue weighted by atomic mass is 19.3. The highest BCUT2D eigenvalue weighted by Gasteiger charge is 2.37. The van der Waals surface area contributed by atoms with E-state index < -0.39 is 11.7 Å². The van der Waals surface area contributed by atoms with Crippen molar-refractivity contribution in [3.05, 3.63) is 78.5 Å². The zero-order valence-electron chi connectivity index (χ0n) is 24.8. The fraction of sp³-hybridized carbons (Fsp3) is 0.273. The van der Waals surface area contributed by atoms with E-state index in [-0.39, 0.29) is 13.0 Å². The molecule has 0 spiro atoms. The SMILES string of the molecule is CN(C)CCOc1cc(F)cc(-c2nccc3[nH]c(-c4n[nH]c5ccc(-c6cncc(CN7CCC(F)(F)C7)c6)nc45)cc23)c1. The number of aromatic nitrogens is 6. The van der Waals surface area contributed by atoms with Crippen LogP contribution in [0, 0.1) is 5.82 Å². The van der Waals surface area contributed by atoms with Crippen LogP contribution in [0.1, 0.15) is 12.0 Å². The Morgan fingerprint density at radius 2 is 1.89 bits per heavy atom. The zero-order valence-corrected chi connectivity index (χ0v) is 24.8. The third-order valence-electron chi connectivity index (χ3n) is 7.91. The Balaban J connectivity index is 1.20. The maximum absolute atomic E-state index is 14.7. The number of hydrogen-bond acceptors (Lipinski definition) is 7. The standard InChI is InChI=1S/C33H31F3N8O/c1-43(2)9-10-45-24-13-21(12-23(34)14-24)30-25-15-29(39-27(25)5-7-38-30)32-31-28(41-42-32)4-3-26(40-31)22-11-20(16-37-17-22)18-44-8-6-33(35,36)19-44/h3-5,7,11-17,39H,6,8-10,18-19H2,1-2H3,(H,41,42). The molecule has 6 heterocycles. The summed E-state index contributed by atoms with van der Waals surface area (Å²) < 4.78 is 47.9. The average Bonchev–Trinajstić information content (AvgIpc) is 3.72. The summed E-state index contributed by atoms with van der Waals surface area (Å²) in [6, 6.07) is 14.1. The minimum Gasteiger partial charge on any atom is -0.492 e. The minimum absolute atomic E-state index is 0.123. The van der Waals surface area contributed by atoms with Crippen LogP contribution in [0.2, 0.25) is 0 Å². The fourth-order valence-electron chi connectivity index (χ4n) is 5.70. The van der Waals surface area contributed by atoms with Crippen LogP contribution in [0.15, 0.2) is 67.1 Å². The van der Waals surface area contributed by atoms with Gasteiger partial charge >= 0.3 is 0 Å². The number of H-pyrrole nitrogens is 2. The van der Waals surface area contributed by atoms with Crippen LogP contribution in [-0.2, 0) is 6.54 Å². The molecule has 2 N–H and O–H groups in total. The number of likely N-dealkylation sites (N-methyl/N-ethyl adjacent to an activating group) is 1. The molecule has 1 fully saturated rings. The van der Waals surface area contributed by atoms with Crippen molar-refractivity contribution >= 4 is 21.9 Å². The van der Waals surface area contributed by atoms with Gasteiger partial charge in [-0.3, -0.25) is 20.0 Å². The Labute approximate surface area is 257 Å². The van der Waals surface area contributed by atoms with Gasteiger partial charge in [-0.1, -0.05) is 0 Å². The number of alkyl halides is 2. The molecule has 0 saturated carbocycles. The molecule has 1 saturated heterocycles. The van der Waals surface area contributed by atoms with Crippen molar-refractivity contribution in [3.8, 4) is 39.7 Å². The molecule has 6 aromatic rings. The third-order valence-corrected chi connectivity index (χ3v) is 7.91. The largest absolute Gasteiger partial charge is 0.492 e. The maximum Gasteiger partial charge on any atom is 0.261 e. The van der Waals surface area contributed by atoms with Crippen LogP contribution >= 0.6 is 0 Å². The van der Waals surface area contributed by atoms with Gasteiger partial charge in [0.1, 0.15) is 29.4 Å². The molecule has 230 valence electrons. The molecule has 45 heavy (non-hydrogen) atoms. The van der Waals surface area contributed by atoms with Crippen molar-refractivity contribution in [1.29, 1.82) is 0 Å². The Hall–Kier alpha value is -4.81. The number of hydrogen-bond donors (Lipinski definition) is 2. The number of nitrogens with zero attached hydrogens (tertiary/aromatic N) is 6. The van der Waals surface area contributed by atoms with Crippen LogP contribution < -0.4 is 4.74 Å². The Morgan fingerprint density at radius 3 is 2.71 bits per heavy atom. The molecule has 7 rings (SSSR count). The predicted octanol–water partition coefficient (Wildman–Crippen LogP) is 6.15. The molecular weight excluding hydrogens is 581 g/mol. The van der Waals surface area contributed by atoms with Crippen molar-refractivity contribution in [1.82, 2.24) is 39.9 Å². The van der Waals surface area contributed by atoms with E-state index in [1.165, 1.54) is 12.1 Å². The highest BCUT2D eigenvalue weighted by molar-refractivity contribution is 5.99. The molecule has 0 atom stereocenters. The van der Waals surface area contributed by atoms with E-state index in [0.717, 1.165) is 33.2 Å². The summed E-state index contributed by atoms with van der Waals surface area (Å²) in [5.41, 5.74) is 7.07. The molecule has 0 bridgehead atoms. The number of fused-ring (bicyclic) bond motifs is 2. The van der Waals surface area contributed by atoms with E-state index in [1.807, 2.05) is 49.3 Å². The zero-order chi connectivity index (χ0) is 31.1. The average molecular weight is 613 g/mol. The van der Waals surface area contributed by atoms with Gasteiger partial charge in [-0.25, -0.2) is 18.2 Å². The molecule has 12 heteroatoms. The number of pyridine rings is 3. The summed E-state index contributed by atoms with van der Waals surface area (Å²) in [7, 11) is 3.90. The number of likely N-dealkylation sites (tertiary alicyclic amines) is 1. The summed E-state index contributed by atoms with van der Waals surface area (Å²) in [5, 5.41) is 8.41. The topological polar surface area (TPSA) is 98.8 Å². The van der Waals surface area contributed by atoms with Crippen molar-refractivity contribution in [2.75, 3.05) is 40.3 Å². The first kappa shape index (κ1) is 28.9. The van der Waals surface area contributed by atoms with E-state index in [4.69, 9.17) is 9.72 Å². The smallest absolute Gasteiger partial charge is 0.261 e. The molecular formula is C33H31F3N8O. The molecule has 0 radical (unpaired) electrons. The lowest BCUT2D eigenvalue weighted by atomic mass is 10.1. The van der Waals surface area contributed by atoms with Crippen molar-refractivity contribution in [2.24, 2.45) is 0 Å². The lowest BCUT2D eigenvalue weighted by Gasteiger charge is -2.15. The molecule has 0 aliphatic carbocycles. The number of nitrogens with one attached hydrogen (secondary N) is 2. The van der Waals surface area contributed by atoms with Gasteiger partial charge in [0.15, 0.2) is 0 Å². The van der Waals surface area contributed by atoms with Gasteiger partial charge < -0.3 is 14.6 Å². The monoisotopic (exact) mass is 612 g/mol. The second-order valence-corrected chi connectivity index (χ2v) is 11.7. The maximum atomic E-state index is 14.7. The van der Waals surface area contributed by atoms with E-state index >= 15 is 0 Å². The Bertz CT molecular complexity index is 2000. The lowest BCUT2D eigenvalue weighted by Crippen LogP contribution is -2.24. The summed E-state index contributed by atoms with van der Waals surface area (Å²) in [6.45, 7) is 1.64. The second kappa shape index (κ2) is 11.6. The normalized spacial score (nSPS) is 15.1. The summed E-state index contributed by atoms with van der Waals surface area (Å²) in [5.74, 6) is -2.61.